The normalized spacial score (nSPS) is 29.8. The molecule has 2 bridgehead atoms. The second-order valence-electron chi connectivity index (χ2n) is 4.52. The Morgan fingerprint density at radius 1 is 1.38 bits per heavy atom. The van der Waals surface area contributed by atoms with E-state index in [1.807, 2.05) is 11.7 Å². The summed E-state index contributed by atoms with van der Waals surface area (Å²) in [6.07, 6.45) is 6.10. The molecule has 2 aliphatic rings. The van der Waals surface area contributed by atoms with Crippen molar-refractivity contribution in [3.63, 3.8) is 0 Å². The number of hydrogen-bond donors (Lipinski definition) is 1. The van der Waals surface area contributed by atoms with Gasteiger partial charge in [0.25, 0.3) is 0 Å². The van der Waals surface area contributed by atoms with Gasteiger partial charge in [-0.2, -0.15) is 0 Å². The van der Waals surface area contributed by atoms with Gasteiger partial charge >= 0.3 is 0 Å². The van der Waals surface area contributed by atoms with Gasteiger partial charge in [0, 0.05) is 36.2 Å². The Labute approximate surface area is 107 Å². The van der Waals surface area contributed by atoms with Crippen LogP contribution in [-0.4, -0.2) is 35.1 Å². The van der Waals surface area contributed by atoms with Crippen molar-refractivity contribution in [1.82, 2.24) is 15.2 Å². The topological polar surface area (TPSA) is 28.2 Å². The maximum atomic E-state index is 4.16. The van der Waals surface area contributed by atoms with Gasteiger partial charge < -0.3 is 5.32 Å². The minimum Gasteiger partial charge on any atom is -0.315 e. The van der Waals surface area contributed by atoms with Crippen molar-refractivity contribution in [2.24, 2.45) is 0 Å². The van der Waals surface area contributed by atoms with Gasteiger partial charge in [0.2, 0.25) is 0 Å². The Morgan fingerprint density at radius 3 is 3.06 bits per heavy atom. The van der Waals surface area contributed by atoms with Crippen molar-refractivity contribution in [2.75, 3.05) is 13.1 Å². The zero-order chi connectivity index (χ0) is 10.1. The third-order valence-corrected chi connectivity index (χ3v) is 4.39. The van der Waals surface area contributed by atoms with Crippen LogP contribution >= 0.6 is 23.7 Å². The van der Waals surface area contributed by atoms with E-state index in [1.165, 1.54) is 37.2 Å². The lowest BCUT2D eigenvalue weighted by Crippen LogP contribution is -2.37. The molecule has 1 aromatic rings. The summed E-state index contributed by atoms with van der Waals surface area (Å²) in [6, 6.07) is 1.58. The van der Waals surface area contributed by atoms with Crippen LogP contribution in [0, 0.1) is 0 Å². The summed E-state index contributed by atoms with van der Waals surface area (Å²) in [5, 5.41) is 3.53. The van der Waals surface area contributed by atoms with Crippen LogP contribution in [0.15, 0.2) is 11.7 Å². The Balaban J connectivity index is 0.000000963. The highest BCUT2D eigenvalue weighted by atomic mass is 35.5. The second kappa shape index (κ2) is 5.45. The number of aromatic nitrogens is 1. The molecule has 0 aliphatic carbocycles. The minimum absolute atomic E-state index is 0. The zero-order valence-corrected chi connectivity index (χ0v) is 10.9. The van der Waals surface area contributed by atoms with Crippen molar-refractivity contribution in [3.05, 3.63) is 16.6 Å². The number of hydrogen-bond acceptors (Lipinski definition) is 4. The number of fused-ring (bicyclic) bond motifs is 2. The van der Waals surface area contributed by atoms with E-state index < -0.39 is 0 Å². The maximum Gasteiger partial charge on any atom is 0.0794 e. The van der Waals surface area contributed by atoms with Gasteiger partial charge in [0.1, 0.15) is 0 Å². The fourth-order valence-corrected chi connectivity index (χ4v) is 3.44. The van der Waals surface area contributed by atoms with Crippen LogP contribution < -0.4 is 5.32 Å². The summed E-state index contributed by atoms with van der Waals surface area (Å²) in [6.45, 7) is 3.48. The first kappa shape index (κ1) is 12.3. The predicted octanol–water partition coefficient (Wildman–Crippen LogP) is 1.89. The van der Waals surface area contributed by atoms with Crippen LogP contribution in [0.4, 0.5) is 0 Å². The SMILES string of the molecule is Cl.c1ncc(CN2C3CCNCC2CC3)s1. The molecular formula is C11H18ClN3S. The molecule has 3 rings (SSSR count). The van der Waals surface area contributed by atoms with Gasteiger partial charge in [-0.15, -0.1) is 23.7 Å². The van der Waals surface area contributed by atoms with E-state index in [0.717, 1.165) is 18.6 Å². The second-order valence-corrected chi connectivity index (χ2v) is 5.49. The highest BCUT2D eigenvalue weighted by Crippen LogP contribution is 2.29. The van der Waals surface area contributed by atoms with Gasteiger partial charge in [0.15, 0.2) is 0 Å². The average Bonchev–Trinajstić information content (AvgIpc) is 2.76. The Bertz CT molecular complexity index is 303. The standard InChI is InChI=1S/C11H17N3S.ClH/c1-2-10-5-12-4-3-9(1)14(10)7-11-6-13-8-15-11;/h6,8-10,12H,1-5,7H2;1H. The van der Waals surface area contributed by atoms with Crippen LogP contribution in [-0.2, 0) is 6.54 Å². The molecule has 16 heavy (non-hydrogen) atoms. The molecule has 90 valence electrons. The van der Waals surface area contributed by atoms with Crippen molar-refractivity contribution in [3.8, 4) is 0 Å². The van der Waals surface area contributed by atoms with Crippen LogP contribution in [0.3, 0.4) is 0 Å². The van der Waals surface area contributed by atoms with Gasteiger partial charge in [-0.05, 0) is 25.8 Å². The third-order valence-electron chi connectivity index (χ3n) is 3.63. The molecule has 2 aliphatic heterocycles. The Morgan fingerprint density at radius 2 is 2.25 bits per heavy atom. The first-order valence-corrected chi connectivity index (χ1v) is 6.65. The maximum absolute atomic E-state index is 4.16. The highest BCUT2D eigenvalue weighted by molar-refractivity contribution is 7.09. The Hall–Kier alpha value is -0.160. The molecule has 3 nitrogen and oxygen atoms in total. The van der Waals surface area contributed by atoms with Crippen LogP contribution in [0.2, 0.25) is 0 Å². The van der Waals surface area contributed by atoms with E-state index in [-0.39, 0.29) is 12.4 Å². The fraction of sp³-hybridized carbons (Fsp3) is 0.727. The number of nitrogens with zero attached hydrogens (tertiary/aromatic N) is 2. The molecule has 0 spiro atoms. The molecule has 0 radical (unpaired) electrons. The summed E-state index contributed by atoms with van der Waals surface area (Å²) < 4.78 is 0. The number of rotatable bonds is 2. The molecule has 0 saturated carbocycles. The third kappa shape index (κ3) is 2.40. The summed E-state index contributed by atoms with van der Waals surface area (Å²) in [5.41, 5.74) is 1.94. The average molecular weight is 260 g/mol. The number of nitrogens with one attached hydrogen (secondary N) is 1. The molecular weight excluding hydrogens is 242 g/mol. The summed E-state index contributed by atoms with van der Waals surface area (Å²) in [5.74, 6) is 0. The van der Waals surface area contributed by atoms with E-state index in [4.69, 9.17) is 0 Å². The molecule has 3 heterocycles. The minimum atomic E-state index is 0. The quantitative estimate of drug-likeness (QED) is 0.879. The van der Waals surface area contributed by atoms with E-state index >= 15 is 0 Å². The molecule has 0 aromatic carbocycles. The zero-order valence-electron chi connectivity index (χ0n) is 9.26. The van der Waals surface area contributed by atoms with E-state index in [0.29, 0.717) is 0 Å². The summed E-state index contributed by atoms with van der Waals surface area (Å²) in [4.78, 5) is 8.26. The van der Waals surface area contributed by atoms with Crippen LogP contribution in [0.5, 0.6) is 0 Å². The summed E-state index contributed by atoms with van der Waals surface area (Å²) >= 11 is 1.78. The van der Waals surface area contributed by atoms with Gasteiger partial charge in [-0.3, -0.25) is 9.88 Å². The summed E-state index contributed by atoms with van der Waals surface area (Å²) in [7, 11) is 0. The molecule has 2 saturated heterocycles. The molecule has 0 amide bonds. The number of halogens is 1. The fourth-order valence-electron chi connectivity index (χ4n) is 2.84. The van der Waals surface area contributed by atoms with Gasteiger partial charge in [-0.1, -0.05) is 0 Å². The molecule has 1 N–H and O–H groups in total. The van der Waals surface area contributed by atoms with Crippen molar-refractivity contribution < 1.29 is 0 Å². The van der Waals surface area contributed by atoms with Gasteiger partial charge in [0.05, 0.1) is 5.51 Å². The van der Waals surface area contributed by atoms with E-state index in [1.54, 1.807) is 11.3 Å². The molecule has 2 atom stereocenters. The van der Waals surface area contributed by atoms with Crippen molar-refractivity contribution >= 4 is 23.7 Å². The smallest absolute Gasteiger partial charge is 0.0794 e. The van der Waals surface area contributed by atoms with Crippen molar-refractivity contribution in [2.45, 2.75) is 37.9 Å². The first-order chi connectivity index (χ1) is 7.43. The monoisotopic (exact) mass is 259 g/mol. The van der Waals surface area contributed by atoms with Gasteiger partial charge in [-0.25, -0.2) is 0 Å². The van der Waals surface area contributed by atoms with E-state index in [2.05, 4.69) is 15.2 Å². The highest BCUT2D eigenvalue weighted by Gasteiger charge is 2.34. The lowest BCUT2D eigenvalue weighted by molar-refractivity contribution is 0.195. The largest absolute Gasteiger partial charge is 0.315 e. The van der Waals surface area contributed by atoms with Crippen LogP contribution in [0.25, 0.3) is 0 Å². The predicted molar refractivity (Wildman–Crippen MR) is 69.2 cm³/mol. The molecule has 5 heteroatoms. The lowest BCUT2D eigenvalue weighted by atomic mass is 10.1. The molecule has 2 unspecified atom stereocenters. The Kier molecular flexibility index (Phi) is 4.19. The number of thiazole rings is 1. The molecule has 1 aromatic heterocycles. The van der Waals surface area contributed by atoms with E-state index in [9.17, 15) is 0 Å². The lowest BCUT2D eigenvalue weighted by Gasteiger charge is -2.26. The van der Waals surface area contributed by atoms with Crippen molar-refractivity contribution in [1.29, 1.82) is 0 Å². The van der Waals surface area contributed by atoms with Crippen LogP contribution in [0.1, 0.15) is 24.1 Å². The first-order valence-electron chi connectivity index (χ1n) is 5.77. The molecule has 2 fully saturated rings.